The van der Waals surface area contributed by atoms with Crippen molar-refractivity contribution in [1.29, 1.82) is 0 Å². The van der Waals surface area contributed by atoms with E-state index in [9.17, 15) is 4.79 Å². The second-order valence-electron chi connectivity index (χ2n) is 6.32. The van der Waals surface area contributed by atoms with Gasteiger partial charge in [0.1, 0.15) is 0 Å². The Hall–Kier alpha value is -2.69. The third kappa shape index (κ3) is 2.89. The maximum absolute atomic E-state index is 12.4. The van der Waals surface area contributed by atoms with Crippen LogP contribution in [0, 0.1) is 0 Å². The van der Waals surface area contributed by atoms with Crippen LogP contribution >= 0.6 is 0 Å². The molecule has 1 amide bonds. The summed E-state index contributed by atoms with van der Waals surface area (Å²) >= 11 is 0. The van der Waals surface area contributed by atoms with E-state index in [0.717, 1.165) is 29.7 Å². The predicted octanol–water partition coefficient (Wildman–Crippen LogP) is 3.46. The number of hydrogen-bond donors (Lipinski definition) is 1. The van der Waals surface area contributed by atoms with E-state index in [0.29, 0.717) is 11.6 Å². The fourth-order valence-corrected chi connectivity index (χ4v) is 3.33. The van der Waals surface area contributed by atoms with Gasteiger partial charge in [0, 0.05) is 23.4 Å². The van der Waals surface area contributed by atoms with Crippen LogP contribution in [0.3, 0.4) is 0 Å². The molecular weight excluding hydrogens is 300 g/mol. The van der Waals surface area contributed by atoms with Crippen LogP contribution in [0.4, 0.5) is 0 Å². The van der Waals surface area contributed by atoms with Crippen molar-refractivity contribution < 1.29 is 4.79 Å². The molecule has 0 bridgehead atoms. The zero-order valence-corrected chi connectivity index (χ0v) is 13.5. The Bertz CT molecular complexity index is 847. The van der Waals surface area contributed by atoms with Crippen molar-refractivity contribution in [2.24, 2.45) is 0 Å². The lowest BCUT2D eigenvalue weighted by molar-refractivity contribution is 0.0928. The highest BCUT2D eigenvalue weighted by molar-refractivity contribution is 5.94. The molecule has 2 heterocycles. The van der Waals surface area contributed by atoms with Gasteiger partial charge >= 0.3 is 0 Å². The van der Waals surface area contributed by atoms with Crippen molar-refractivity contribution in [3.8, 4) is 11.3 Å². The summed E-state index contributed by atoms with van der Waals surface area (Å²) < 4.78 is 1.80. The van der Waals surface area contributed by atoms with Gasteiger partial charge in [-0.1, -0.05) is 31.4 Å². The summed E-state index contributed by atoms with van der Waals surface area (Å²) in [5, 5.41) is 7.48. The Labute approximate surface area is 140 Å². The summed E-state index contributed by atoms with van der Waals surface area (Å²) in [4.78, 5) is 16.7. The summed E-state index contributed by atoms with van der Waals surface area (Å²) in [5.41, 5.74) is 3.43. The van der Waals surface area contributed by atoms with E-state index in [-0.39, 0.29) is 5.91 Å². The van der Waals surface area contributed by atoms with Crippen LogP contribution in [0.15, 0.2) is 48.8 Å². The molecule has 24 heavy (non-hydrogen) atoms. The minimum Gasteiger partial charge on any atom is -0.349 e. The van der Waals surface area contributed by atoms with Gasteiger partial charge in [0.15, 0.2) is 5.65 Å². The number of nitrogens with zero attached hydrogens (tertiary/aromatic N) is 3. The Balaban J connectivity index is 1.53. The zero-order valence-electron chi connectivity index (χ0n) is 13.5. The molecule has 1 fully saturated rings. The lowest BCUT2D eigenvalue weighted by Crippen LogP contribution is -2.36. The summed E-state index contributed by atoms with van der Waals surface area (Å²) in [6, 6.07) is 11.8. The number of benzene rings is 1. The first-order valence-corrected chi connectivity index (χ1v) is 8.51. The number of rotatable bonds is 3. The van der Waals surface area contributed by atoms with Crippen LogP contribution in [0.25, 0.3) is 16.9 Å². The fourth-order valence-electron chi connectivity index (χ4n) is 3.33. The number of amides is 1. The van der Waals surface area contributed by atoms with E-state index in [1.165, 1.54) is 19.3 Å². The normalized spacial score (nSPS) is 15.5. The van der Waals surface area contributed by atoms with E-state index in [2.05, 4.69) is 15.4 Å². The van der Waals surface area contributed by atoms with Crippen molar-refractivity contribution in [2.45, 2.75) is 38.1 Å². The molecule has 122 valence electrons. The molecule has 1 saturated carbocycles. The molecular formula is C19H20N4O. The van der Waals surface area contributed by atoms with Gasteiger partial charge in [-0.05, 0) is 37.1 Å². The summed E-state index contributed by atoms with van der Waals surface area (Å²) in [6.07, 6.45) is 9.45. The second-order valence-corrected chi connectivity index (χ2v) is 6.32. The van der Waals surface area contributed by atoms with E-state index in [1.54, 1.807) is 16.9 Å². The summed E-state index contributed by atoms with van der Waals surface area (Å²) in [5.74, 6) is 0.0183. The highest BCUT2D eigenvalue weighted by atomic mass is 16.1. The lowest BCUT2D eigenvalue weighted by Gasteiger charge is -2.22. The Morgan fingerprint density at radius 2 is 1.88 bits per heavy atom. The first kappa shape index (κ1) is 14.9. The molecule has 5 heteroatoms. The van der Waals surface area contributed by atoms with Gasteiger partial charge in [0.05, 0.1) is 11.9 Å². The predicted molar refractivity (Wildman–Crippen MR) is 92.8 cm³/mol. The fraction of sp³-hybridized carbons (Fsp3) is 0.316. The number of carbonyl (C=O) groups excluding carboxylic acids is 1. The van der Waals surface area contributed by atoms with Crippen LogP contribution in [0.1, 0.15) is 42.5 Å². The maximum Gasteiger partial charge on any atom is 0.251 e. The molecule has 0 aliphatic heterocycles. The van der Waals surface area contributed by atoms with Gasteiger partial charge in [-0.2, -0.15) is 5.10 Å². The van der Waals surface area contributed by atoms with Crippen molar-refractivity contribution in [1.82, 2.24) is 19.9 Å². The smallest absolute Gasteiger partial charge is 0.251 e. The molecule has 1 aromatic carbocycles. The first-order chi connectivity index (χ1) is 11.8. The summed E-state index contributed by atoms with van der Waals surface area (Å²) in [6.45, 7) is 0. The number of hydrogen-bond acceptors (Lipinski definition) is 3. The van der Waals surface area contributed by atoms with E-state index < -0.39 is 0 Å². The number of aromatic nitrogens is 3. The van der Waals surface area contributed by atoms with Gasteiger partial charge in [-0.15, -0.1) is 0 Å². The highest BCUT2D eigenvalue weighted by Crippen LogP contribution is 2.21. The molecule has 2 aromatic heterocycles. The Morgan fingerprint density at radius 1 is 1.08 bits per heavy atom. The third-order valence-corrected chi connectivity index (χ3v) is 4.66. The first-order valence-electron chi connectivity index (χ1n) is 8.51. The van der Waals surface area contributed by atoms with Crippen LogP contribution in [0.2, 0.25) is 0 Å². The molecule has 1 aliphatic carbocycles. The van der Waals surface area contributed by atoms with Gasteiger partial charge in [-0.3, -0.25) is 4.79 Å². The monoisotopic (exact) mass is 320 g/mol. The largest absolute Gasteiger partial charge is 0.349 e. The topological polar surface area (TPSA) is 59.3 Å². The molecule has 3 aromatic rings. The van der Waals surface area contributed by atoms with Crippen LogP contribution in [0.5, 0.6) is 0 Å². The number of nitrogens with one attached hydrogen (secondary N) is 1. The van der Waals surface area contributed by atoms with Gasteiger partial charge < -0.3 is 5.32 Å². The van der Waals surface area contributed by atoms with Gasteiger partial charge in [0.25, 0.3) is 5.91 Å². The second kappa shape index (κ2) is 6.43. The number of imidazole rings is 1. The van der Waals surface area contributed by atoms with Gasteiger partial charge in [-0.25, -0.2) is 9.50 Å². The molecule has 5 nitrogen and oxygen atoms in total. The maximum atomic E-state index is 12.4. The van der Waals surface area contributed by atoms with E-state index in [1.807, 2.05) is 36.4 Å². The van der Waals surface area contributed by atoms with Crippen molar-refractivity contribution in [3.05, 3.63) is 54.4 Å². The molecule has 0 spiro atoms. The molecule has 1 N–H and O–H groups in total. The van der Waals surface area contributed by atoms with Crippen LogP contribution in [-0.2, 0) is 0 Å². The number of carbonyl (C=O) groups is 1. The molecule has 4 rings (SSSR count). The van der Waals surface area contributed by atoms with E-state index >= 15 is 0 Å². The molecule has 0 radical (unpaired) electrons. The Morgan fingerprint density at radius 3 is 2.67 bits per heavy atom. The zero-order chi connectivity index (χ0) is 16.4. The molecule has 0 saturated heterocycles. The minimum atomic E-state index is 0.0183. The minimum absolute atomic E-state index is 0.0183. The SMILES string of the molecule is O=C(NC1CCCCC1)c1ccc(-c2cnc3cccnn23)cc1. The molecule has 0 unspecified atom stereocenters. The standard InChI is InChI=1S/C19H20N4O/c24-19(22-16-5-2-1-3-6-16)15-10-8-14(9-11-15)17-13-20-18-7-4-12-21-23(17)18/h4,7-13,16H,1-3,5-6H2,(H,22,24). The van der Waals surface area contributed by atoms with Crippen molar-refractivity contribution in [2.75, 3.05) is 0 Å². The Kier molecular flexibility index (Phi) is 3.99. The van der Waals surface area contributed by atoms with Crippen LogP contribution < -0.4 is 5.32 Å². The third-order valence-electron chi connectivity index (χ3n) is 4.66. The van der Waals surface area contributed by atoms with E-state index in [4.69, 9.17) is 0 Å². The number of fused-ring (bicyclic) bond motifs is 1. The quantitative estimate of drug-likeness (QED) is 0.804. The summed E-state index contributed by atoms with van der Waals surface area (Å²) in [7, 11) is 0. The average Bonchev–Trinajstić information content (AvgIpc) is 3.07. The highest BCUT2D eigenvalue weighted by Gasteiger charge is 2.16. The van der Waals surface area contributed by atoms with Crippen LogP contribution in [-0.4, -0.2) is 26.5 Å². The van der Waals surface area contributed by atoms with Crippen molar-refractivity contribution in [3.63, 3.8) is 0 Å². The molecule has 1 aliphatic rings. The van der Waals surface area contributed by atoms with Gasteiger partial charge in [0.2, 0.25) is 0 Å². The molecule has 0 atom stereocenters. The van der Waals surface area contributed by atoms with Crippen molar-refractivity contribution >= 4 is 11.6 Å². The average molecular weight is 320 g/mol. The lowest BCUT2D eigenvalue weighted by atomic mass is 9.95.